The Balaban J connectivity index is 1.54. The van der Waals surface area contributed by atoms with E-state index in [0.717, 1.165) is 17.5 Å². The number of carbonyl (C=O) groups excluding carboxylic acids is 3. The molecule has 0 saturated carbocycles. The van der Waals surface area contributed by atoms with Crippen molar-refractivity contribution in [2.75, 3.05) is 31.5 Å². The van der Waals surface area contributed by atoms with Crippen molar-refractivity contribution in [2.45, 2.75) is 33.2 Å². The Labute approximate surface area is 193 Å². The number of halogens is 1. The normalized spacial score (nSPS) is 15.6. The molecule has 1 aliphatic heterocycles. The van der Waals surface area contributed by atoms with Gasteiger partial charge in [0.05, 0.1) is 6.04 Å². The molecule has 4 amide bonds. The fraction of sp³-hybridized carbons (Fsp3) is 0.375. The molecule has 3 rings (SSSR count). The van der Waals surface area contributed by atoms with Gasteiger partial charge in [-0.3, -0.25) is 19.8 Å². The number of amides is 4. The maximum Gasteiger partial charge on any atom is 0.325 e. The summed E-state index contributed by atoms with van der Waals surface area (Å²) in [6.07, 6.45) is 0.735. The van der Waals surface area contributed by atoms with Crippen molar-refractivity contribution in [1.82, 2.24) is 15.1 Å². The van der Waals surface area contributed by atoms with Crippen molar-refractivity contribution < 1.29 is 14.4 Å². The van der Waals surface area contributed by atoms with Crippen LogP contribution in [0.1, 0.15) is 34.8 Å². The lowest BCUT2D eigenvalue weighted by atomic mass is 10.1. The van der Waals surface area contributed by atoms with Crippen LogP contribution in [0.5, 0.6) is 0 Å². The number of carbonyl (C=O) groups is 3. The highest BCUT2D eigenvalue weighted by Crippen LogP contribution is 2.17. The van der Waals surface area contributed by atoms with Gasteiger partial charge in [-0.05, 0) is 57.0 Å². The van der Waals surface area contributed by atoms with Crippen LogP contribution in [0.4, 0.5) is 10.5 Å². The van der Waals surface area contributed by atoms with Gasteiger partial charge in [0.1, 0.15) is 0 Å². The second-order valence-electron chi connectivity index (χ2n) is 8.13. The van der Waals surface area contributed by atoms with Gasteiger partial charge in [0, 0.05) is 42.5 Å². The molecular weight excluding hydrogens is 428 g/mol. The SMILES string of the molecule is Cc1ccc(NC(=O)NC(=O)C(C)N2CCCN(C(=O)c3cccc(Cl)c3)CC2)c(C)c1. The quantitative estimate of drug-likeness (QED) is 0.732. The fourth-order valence-electron chi connectivity index (χ4n) is 3.82. The van der Waals surface area contributed by atoms with Crippen molar-refractivity contribution in [3.8, 4) is 0 Å². The second kappa shape index (κ2) is 10.6. The molecule has 0 spiro atoms. The average molecular weight is 457 g/mol. The average Bonchev–Trinajstić information content (AvgIpc) is 3.01. The molecule has 1 saturated heterocycles. The molecule has 0 radical (unpaired) electrons. The topological polar surface area (TPSA) is 81.8 Å². The summed E-state index contributed by atoms with van der Waals surface area (Å²) in [5.74, 6) is -0.443. The third kappa shape index (κ3) is 6.08. The predicted molar refractivity (Wildman–Crippen MR) is 126 cm³/mol. The standard InChI is InChI=1S/C24H29ClN4O3/c1-16-8-9-21(17(2)14-16)26-24(32)27-22(30)18(3)28-10-5-11-29(13-12-28)23(31)19-6-4-7-20(25)15-19/h4,6-9,14-15,18H,5,10-13H2,1-3H3,(H2,26,27,30,32). The summed E-state index contributed by atoms with van der Waals surface area (Å²) < 4.78 is 0. The number of aryl methyl sites for hydroxylation is 2. The lowest BCUT2D eigenvalue weighted by Gasteiger charge is -2.26. The van der Waals surface area contributed by atoms with E-state index in [1.54, 1.807) is 36.1 Å². The number of nitrogens with zero attached hydrogens (tertiary/aromatic N) is 2. The largest absolute Gasteiger partial charge is 0.337 e. The molecule has 170 valence electrons. The molecule has 1 fully saturated rings. The van der Waals surface area contributed by atoms with Crippen LogP contribution in [0.3, 0.4) is 0 Å². The first-order valence-corrected chi connectivity index (χ1v) is 11.1. The number of hydrogen-bond donors (Lipinski definition) is 2. The Kier molecular flexibility index (Phi) is 7.88. The summed E-state index contributed by atoms with van der Waals surface area (Å²) >= 11 is 6.01. The summed E-state index contributed by atoms with van der Waals surface area (Å²) in [6, 6.07) is 11.5. The molecule has 0 aromatic heterocycles. The van der Waals surface area contributed by atoms with E-state index < -0.39 is 12.1 Å². The third-order valence-electron chi connectivity index (χ3n) is 5.68. The minimum absolute atomic E-state index is 0.0701. The van der Waals surface area contributed by atoms with Crippen LogP contribution in [0.15, 0.2) is 42.5 Å². The number of anilines is 1. The van der Waals surface area contributed by atoms with E-state index in [-0.39, 0.29) is 11.8 Å². The molecule has 8 heteroatoms. The highest BCUT2D eigenvalue weighted by atomic mass is 35.5. The van der Waals surface area contributed by atoms with Gasteiger partial charge >= 0.3 is 6.03 Å². The molecule has 0 aliphatic carbocycles. The summed E-state index contributed by atoms with van der Waals surface area (Å²) in [6.45, 7) is 7.95. The van der Waals surface area contributed by atoms with Gasteiger partial charge in [-0.15, -0.1) is 0 Å². The van der Waals surface area contributed by atoms with E-state index in [9.17, 15) is 14.4 Å². The van der Waals surface area contributed by atoms with E-state index in [1.807, 2.05) is 36.9 Å². The molecule has 1 atom stereocenters. The Bertz CT molecular complexity index is 1010. The summed E-state index contributed by atoms with van der Waals surface area (Å²) in [4.78, 5) is 41.5. The fourth-order valence-corrected chi connectivity index (χ4v) is 4.01. The first-order chi connectivity index (χ1) is 15.2. The number of rotatable bonds is 4. The van der Waals surface area contributed by atoms with Gasteiger partial charge in [-0.2, -0.15) is 0 Å². The van der Waals surface area contributed by atoms with Gasteiger partial charge in [0.15, 0.2) is 0 Å². The van der Waals surface area contributed by atoms with Gasteiger partial charge in [0.25, 0.3) is 5.91 Å². The number of hydrogen-bond acceptors (Lipinski definition) is 4. The highest BCUT2D eigenvalue weighted by Gasteiger charge is 2.27. The van der Waals surface area contributed by atoms with Gasteiger partial charge in [-0.1, -0.05) is 35.4 Å². The number of imide groups is 1. The Morgan fingerprint density at radius 1 is 1.00 bits per heavy atom. The van der Waals surface area contributed by atoms with E-state index >= 15 is 0 Å². The lowest BCUT2D eigenvalue weighted by Crippen LogP contribution is -2.49. The Morgan fingerprint density at radius 2 is 1.78 bits per heavy atom. The molecule has 1 unspecified atom stereocenters. The van der Waals surface area contributed by atoms with Crippen molar-refractivity contribution in [3.05, 3.63) is 64.2 Å². The summed E-state index contributed by atoms with van der Waals surface area (Å²) in [5.41, 5.74) is 3.25. The molecule has 1 heterocycles. The van der Waals surface area contributed by atoms with Crippen LogP contribution < -0.4 is 10.6 Å². The minimum Gasteiger partial charge on any atom is -0.337 e. The lowest BCUT2D eigenvalue weighted by molar-refractivity contribution is -0.124. The van der Waals surface area contributed by atoms with Crippen LogP contribution >= 0.6 is 11.6 Å². The highest BCUT2D eigenvalue weighted by molar-refractivity contribution is 6.30. The van der Waals surface area contributed by atoms with Gasteiger partial charge < -0.3 is 10.2 Å². The van der Waals surface area contributed by atoms with Crippen molar-refractivity contribution in [3.63, 3.8) is 0 Å². The molecule has 0 bridgehead atoms. The molecule has 2 aromatic rings. The Hall–Kier alpha value is -2.90. The zero-order chi connectivity index (χ0) is 23.3. The Morgan fingerprint density at radius 3 is 2.50 bits per heavy atom. The zero-order valence-corrected chi connectivity index (χ0v) is 19.4. The molecular formula is C24H29ClN4O3. The van der Waals surface area contributed by atoms with Crippen LogP contribution in [0.25, 0.3) is 0 Å². The summed E-state index contributed by atoms with van der Waals surface area (Å²) in [5, 5.41) is 5.68. The number of benzene rings is 2. The monoisotopic (exact) mass is 456 g/mol. The molecule has 32 heavy (non-hydrogen) atoms. The number of nitrogens with one attached hydrogen (secondary N) is 2. The molecule has 2 N–H and O–H groups in total. The van der Waals surface area contributed by atoms with Crippen molar-refractivity contribution >= 4 is 35.1 Å². The first kappa shape index (κ1) is 23.8. The maximum atomic E-state index is 12.8. The van der Waals surface area contributed by atoms with E-state index in [4.69, 9.17) is 11.6 Å². The predicted octanol–water partition coefficient (Wildman–Crippen LogP) is 3.84. The van der Waals surface area contributed by atoms with E-state index in [2.05, 4.69) is 10.6 Å². The summed E-state index contributed by atoms with van der Waals surface area (Å²) in [7, 11) is 0. The second-order valence-corrected chi connectivity index (χ2v) is 8.57. The van der Waals surface area contributed by atoms with Crippen LogP contribution in [0.2, 0.25) is 5.02 Å². The molecule has 2 aromatic carbocycles. The minimum atomic E-state index is -0.554. The number of urea groups is 1. The van der Waals surface area contributed by atoms with Crippen LogP contribution in [-0.4, -0.2) is 59.9 Å². The molecule has 1 aliphatic rings. The van der Waals surface area contributed by atoms with E-state index in [0.29, 0.717) is 42.5 Å². The maximum absolute atomic E-state index is 12.8. The van der Waals surface area contributed by atoms with Crippen LogP contribution in [-0.2, 0) is 4.79 Å². The van der Waals surface area contributed by atoms with Crippen LogP contribution in [0, 0.1) is 13.8 Å². The molecule has 7 nitrogen and oxygen atoms in total. The smallest absolute Gasteiger partial charge is 0.325 e. The third-order valence-corrected chi connectivity index (χ3v) is 5.92. The zero-order valence-electron chi connectivity index (χ0n) is 18.7. The first-order valence-electron chi connectivity index (χ1n) is 10.7. The van der Waals surface area contributed by atoms with Crippen molar-refractivity contribution in [2.24, 2.45) is 0 Å². The van der Waals surface area contributed by atoms with Gasteiger partial charge in [-0.25, -0.2) is 4.79 Å². The van der Waals surface area contributed by atoms with Crippen molar-refractivity contribution in [1.29, 1.82) is 0 Å². The van der Waals surface area contributed by atoms with E-state index in [1.165, 1.54) is 0 Å². The van der Waals surface area contributed by atoms with Gasteiger partial charge in [0.2, 0.25) is 5.91 Å².